The summed E-state index contributed by atoms with van der Waals surface area (Å²) in [5.74, 6) is 0.637. The molecule has 1 aliphatic heterocycles. The molecule has 2 unspecified atom stereocenters. The minimum atomic E-state index is -3.97. The molecule has 3 aromatic carbocycles. The summed E-state index contributed by atoms with van der Waals surface area (Å²) in [7, 11) is -2.36. The van der Waals surface area contributed by atoms with Gasteiger partial charge in [-0.1, -0.05) is 48.4 Å². The number of halogens is 1. The number of aryl methyl sites for hydroxylation is 2. The Labute approximate surface area is 217 Å². The van der Waals surface area contributed by atoms with Crippen molar-refractivity contribution in [1.29, 1.82) is 0 Å². The number of anilines is 1. The molecule has 2 atom stereocenters. The van der Waals surface area contributed by atoms with Crippen molar-refractivity contribution in [3.8, 4) is 11.5 Å². The zero-order chi connectivity index (χ0) is 26.0. The lowest BCUT2D eigenvalue weighted by Crippen LogP contribution is -2.51. The van der Waals surface area contributed by atoms with E-state index in [2.05, 4.69) is 5.32 Å². The standard InChI is InChI=1S/C27H29ClN2O5S/c1-5-22(19-8-12-24(34-4)18(3)14-19)29-27(31)26-16-30(23-15-20(28)9-13-25(23)35-26)36(32,33)21-10-6-17(2)7-11-21/h6-15,22,26H,5,16H2,1-4H3,(H,29,31). The topological polar surface area (TPSA) is 84.9 Å². The molecule has 0 aliphatic carbocycles. The largest absolute Gasteiger partial charge is 0.496 e. The highest BCUT2D eigenvalue weighted by Crippen LogP contribution is 2.39. The summed E-state index contributed by atoms with van der Waals surface area (Å²) in [4.78, 5) is 13.5. The SMILES string of the molecule is CCC(NC(=O)C1CN(S(=O)(=O)c2ccc(C)cc2)c2cc(Cl)ccc2O1)c1ccc(OC)c(C)c1. The van der Waals surface area contributed by atoms with Gasteiger partial charge in [0.1, 0.15) is 11.5 Å². The van der Waals surface area contributed by atoms with Crippen molar-refractivity contribution in [2.24, 2.45) is 0 Å². The molecule has 1 aliphatic rings. The molecule has 0 bridgehead atoms. The van der Waals surface area contributed by atoms with Crippen molar-refractivity contribution in [1.82, 2.24) is 5.32 Å². The number of carbonyl (C=O) groups is 1. The Morgan fingerprint density at radius 3 is 2.50 bits per heavy atom. The van der Waals surface area contributed by atoms with E-state index in [1.807, 2.05) is 39.0 Å². The minimum absolute atomic E-state index is 0.125. The molecule has 0 spiro atoms. The average molecular weight is 529 g/mol. The van der Waals surface area contributed by atoms with E-state index < -0.39 is 22.0 Å². The molecule has 0 saturated carbocycles. The van der Waals surface area contributed by atoms with Gasteiger partial charge >= 0.3 is 0 Å². The van der Waals surface area contributed by atoms with Crippen LogP contribution < -0.4 is 19.1 Å². The lowest BCUT2D eigenvalue weighted by molar-refractivity contribution is -0.128. The number of ether oxygens (including phenoxy) is 2. The highest BCUT2D eigenvalue weighted by atomic mass is 35.5. The number of hydrogen-bond acceptors (Lipinski definition) is 5. The van der Waals surface area contributed by atoms with Gasteiger partial charge < -0.3 is 14.8 Å². The molecule has 9 heteroatoms. The smallest absolute Gasteiger partial charge is 0.264 e. The van der Waals surface area contributed by atoms with Crippen molar-refractivity contribution >= 4 is 33.2 Å². The Kier molecular flexibility index (Phi) is 7.47. The first-order valence-electron chi connectivity index (χ1n) is 11.6. The fourth-order valence-electron chi connectivity index (χ4n) is 4.23. The Hall–Kier alpha value is -3.23. The first-order chi connectivity index (χ1) is 17.1. The second-order valence-corrected chi connectivity index (χ2v) is 11.1. The molecule has 0 fully saturated rings. The van der Waals surface area contributed by atoms with E-state index in [1.54, 1.807) is 43.5 Å². The number of nitrogens with zero attached hydrogens (tertiary/aromatic N) is 1. The van der Waals surface area contributed by atoms with Crippen LogP contribution in [0, 0.1) is 13.8 Å². The summed E-state index contributed by atoms with van der Waals surface area (Å²) >= 11 is 6.18. The number of benzene rings is 3. The van der Waals surface area contributed by atoms with E-state index in [9.17, 15) is 13.2 Å². The minimum Gasteiger partial charge on any atom is -0.496 e. The molecule has 3 aromatic rings. The van der Waals surface area contributed by atoms with Gasteiger partial charge in [0, 0.05) is 5.02 Å². The van der Waals surface area contributed by atoms with Crippen LogP contribution in [-0.4, -0.2) is 34.1 Å². The second kappa shape index (κ2) is 10.4. The number of hydrogen-bond donors (Lipinski definition) is 1. The van der Waals surface area contributed by atoms with Gasteiger partial charge in [0.2, 0.25) is 0 Å². The van der Waals surface area contributed by atoms with Gasteiger partial charge in [-0.05, 0) is 67.8 Å². The van der Waals surface area contributed by atoms with E-state index >= 15 is 0 Å². The first-order valence-corrected chi connectivity index (χ1v) is 13.5. The predicted octanol–water partition coefficient (Wildman–Crippen LogP) is 5.19. The molecule has 4 rings (SSSR count). The maximum Gasteiger partial charge on any atom is 0.264 e. The average Bonchev–Trinajstić information content (AvgIpc) is 2.86. The highest BCUT2D eigenvalue weighted by Gasteiger charge is 2.38. The summed E-state index contributed by atoms with van der Waals surface area (Å²) in [5, 5.41) is 3.39. The summed E-state index contributed by atoms with van der Waals surface area (Å²) < 4.78 is 39.8. The van der Waals surface area contributed by atoms with Crippen molar-refractivity contribution in [3.63, 3.8) is 0 Å². The molecule has 0 saturated heterocycles. The van der Waals surface area contributed by atoms with Gasteiger partial charge in [0.05, 0.1) is 30.3 Å². The summed E-state index contributed by atoms with van der Waals surface area (Å²) in [6, 6.07) is 16.8. The Morgan fingerprint density at radius 2 is 1.86 bits per heavy atom. The lowest BCUT2D eigenvalue weighted by Gasteiger charge is -2.35. The van der Waals surface area contributed by atoms with Gasteiger partial charge in [-0.2, -0.15) is 0 Å². The van der Waals surface area contributed by atoms with E-state index in [4.69, 9.17) is 21.1 Å². The van der Waals surface area contributed by atoms with Gasteiger partial charge in [-0.3, -0.25) is 9.10 Å². The third-order valence-corrected chi connectivity index (χ3v) is 8.27. The molecule has 7 nitrogen and oxygen atoms in total. The number of fused-ring (bicyclic) bond motifs is 1. The maximum absolute atomic E-state index is 13.6. The third kappa shape index (κ3) is 5.15. The van der Waals surface area contributed by atoms with E-state index in [1.165, 1.54) is 10.4 Å². The second-order valence-electron chi connectivity index (χ2n) is 8.77. The number of carbonyl (C=O) groups excluding carboxylic acids is 1. The Balaban J connectivity index is 1.64. The van der Waals surface area contributed by atoms with Crippen molar-refractivity contribution < 1.29 is 22.7 Å². The third-order valence-electron chi connectivity index (χ3n) is 6.24. The number of rotatable bonds is 7. The molecule has 0 aromatic heterocycles. The van der Waals surface area contributed by atoms with Crippen LogP contribution in [0.4, 0.5) is 5.69 Å². The molecule has 1 N–H and O–H groups in total. The van der Waals surface area contributed by atoms with Crippen LogP contribution in [0.2, 0.25) is 5.02 Å². The van der Waals surface area contributed by atoms with Crippen LogP contribution >= 0.6 is 11.6 Å². The zero-order valence-electron chi connectivity index (χ0n) is 20.6. The van der Waals surface area contributed by atoms with E-state index in [-0.39, 0.29) is 23.2 Å². The van der Waals surface area contributed by atoms with E-state index in [0.29, 0.717) is 17.1 Å². The van der Waals surface area contributed by atoms with Crippen LogP contribution in [-0.2, 0) is 14.8 Å². The first kappa shape index (κ1) is 25.9. The molecule has 36 heavy (non-hydrogen) atoms. The molecular formula is C27H29ClN2O5S. The van der Waals surface area contributed by atoms with Crippen LogP contribution in [0.3, 0.4) is 0 Å². The van der Waals surface area contributed by atoms with Crippen LogP contribution in [0.5, 0.6) is 11.5 Å². The predicted molar refractivity (Wildman–Crippen MR) is 140 cm³/mol. The van der Waals surface area contributed by atoms with Crippen molar-refractivity contribution in [2.75, 3.05) is 18.0 Å². The fourth-order valence-corrected chi connectivity index (χ4v) is 5.86. The normalized spacial score (nSPS) is 16.0. The van der Waals surface area contributed by atoms with Crippen molar-refractivity contribution in [3.05, 3.63) is 82.4 Å². The number of nitrogens with one attached hydrogen (secondary N) is 1. The Bertz CT molecular complexity index is 1380. The van der Waals surface area contributed by atoms with Crippen molar-refractivity contribution in [2.45, 2.75) is 44.2 Å². The van der Waals surface area contributed by atoms with Gasteiger partial charge in [0.25, 0.3) is 15.9 Å². The number of sulfonamides is 1. The molecule has 0 radical (unpaired) electrons. The molecule has 1 heterocycles. The summed E-state index contributed by atoms with van der Waals surface area (Å²) in [6.45, 7) is 5.61. The van der Waals surface area contributed by atoms with Crippen LogP contribution in [0.25, 0.3) is 0 Å². The van der Waals surface area contributed by atoms with Crippen LogP contribution in [0.15, 0.2) is 65.6 Å². The summed E-state index contributed by atoms with van der Waals surface area (Å²) in [5.41, 5.74) is 3.12. The van der Waals surface area contributed by atoms with Gasteiger partial charge in [0.15, 0.2) is 6.10 Å². The fraction of sp³-hybridized carbons (Fsp3) is 0.296. The molecule has 190 valence electrons. The summed E-state index contributed by atoms with van der Waals surface area (Å²) in [6.07, 6.45) is -0.408. The number of amides is 1. The van der Waals surface area contributed by atoms with Gasteiger partial charge in [-0.25, -0.2) is 8.42 Å². The van der Waals surface area contributed by atoms with E-state index in [0.717, 1.165) is 22.4 Å². The lowest BCUT2D eigenvalue weighted by atomic mass is 10.0. The quantitative estimate of drug-likeness (QED) is 0.456. The monoisotopic (exact) mass is 528 g/mol. The highest BCUT2D eigenvalue weighted by molar-refractivity contribution is 7.92. The number of methoxy groups -OCH3 is 1. The molecular weight excluding hydrogens is 500 g/mol. The molecule has 1 amide bonds. The van der Waals surface area contributed by atoms with Gasteiger partial charge in [-0.15, -0.1) is 0 Å². The zero-order valence-corrected chi connectivity index (χ0v) is 22.2. The maximum atomic E-state index is 13.6. The van der Waals surface area contributed by atoms with Crippen LogP contribution in [0.1, 0.15) is 36.1 Å². The Morgan fingerprint density at radius 1 is 1.14 bits per heavy atom.